The molecule has 1 fully saturated rings. The van der Waals surface area contributed by atoms with Crippen molar-refractivity contribution >= 4 is 15.9 Å². The van der Waals surface area contributed by atoms with Crippen LogP contribution in [0.3, 0.4) is 0 Å². The van der Waals surface area contributed by atoms with Crippen LogP contribution >= 0.6 is 0 Å². The average molecular weight is 519 g/mol. The number of benzene rings is 2. The zero-order chi connectivity index (χ0) is 25.6. The van der Waals surface area contributed by atoms with Gasteiger partial charge in [-0.2, -0.15) is 13.2 Å². The van der Waals surface area contributed by atoms with Crippen LogP contribution in [0.5, 0.6) is 5.75 Å². The van der Waals surface area contributed by atoms with Gasteiger partial charge < -0.3 is 15.4 Å². The monoisotopic (exact) mass is 518 g/mol. The lowest BCUT2D eigenvalue weighted by Gasteiger charge is -2.49. The van der Waals surface area contributed by atoms with Gasteiger partial charge in [-0.3, -0.25) is 0 Å². The Morgan fingerprint density at radius 3 is 2.40 bits per heavy atom. The molecule has 0 bridgehead atoms. The molecule has 2 N–H and O–H groups in total. The van der Waals surface area contributed by atoms with Crippen molar-refractivity contribution in [3.8, 4) is 5.75 Å². The molecular formula is C23H23F5N2O4S. The number of carbonyl (C=O) groups is 1. The quantitative estimate of drug-likeness (QED) is 0.583. The van der Waals surface area contributed by atoms with E-state index in [2.05, 4.69) is 10.6 Å². The molecule has 6 nitrogen and oxygen atoms in total. The Labute approximate surface area is 198 Å². The van der Waals surface area contributed by atoms with E-state index >= 15 is 4.39 Å². The molecule has 0 spiro atoms. The molecule has 3 atom stereocenters. The molecule has 35 heavy (non-hydrogen) atoms. The summed E-state index contributed by atoms with van der Waals surface area (Å²) in [6.45, 7) is 1.82. The lowest BCUT2D eigenvalue weighted by atomic mass is 9.71. The number of halogens is 5. The molecule has 0 aromatic heterocycles. The SMILES string of the molecule is CCNC(=O)N[C@@H]1CC[C@@]2(S(=O)(=O)c3ccc(C(F)(F)F)cc3)c3c(F)ccc(F)c3OC[C@H]2C1. The molecule has 2 aromatic carbocycles. The second-order valence-electron chi connectivity index (χ2n) is 8.63. The van der Waals surface area contributed by atoms with Crippen molar-refractivity contribution in [2.75, 3.05) is 13.2 Å². The molecule has 0 unspecified atom stereocenters. The summed E-state index contributed by atoms with van der Waals surface area (Å²) in [5.41, 5.74) is -1.50. The van der Waals surface area contributed by atoms with Crippen LogP contribution in [0.4, 0.5) is 26.7 Å². The van der Waals surface area contributed by atoms with Crippen molar-refractivity contribution < 1.29 is 39.9 Å². The molecule has 1 aliphatic carbocycles. The highest BCUT2D eigenvalue weighted by molar-refractivity contribution is 7.92. The predicted octanol–water partition coefficient (Wildman–Crippen LogP) is 4.53. The van der Waals surface area contributed by atoms with Crippen molar-refractivity contribution in [2.45, 2.75) is 48.0 Å². The minimum absolute atomic E-state index is 0.0758. The van der Waals surface area contributed by atoms with E-state index < -0.39 is 72.2 Å². The highest BCUT2D eigenvalue weighted by Gasteiger charge is 2.59. The molecule has 0 saturated heterocycles. The van der Waals surface area contributed by atoms with Crippen LogP contribution in [-0.4, -0.2) is 33.6 Å². The van der Waals surface area contributed by atoms with Gasteiger partial charge in [0.2, 0.25) is 0 Å². The second kappa shape index (κ2) is 8.96. The number of alkyl halides is 3. The van der Waals surface area contributed by atoms with E-state index in [1.807, 2.05) is 0 Å². The minimum atomic E-state index is -4.67. The first-order chi connectivity index (χ1) is 16.4. The first-order valence-electron chi connectivity index (χ1n) is 11.0. The van der Waals surface area contributed by atoms with Crippen LogP contribution < -0.4 is 15.4 Å². The van der Waals surface area contributed by atoms with Crippen molar-refractivity contribution in [3.05, 3.63) is 59.2 Å². The van der Waals surface area contributed by atoms with Gasteiger partial charge in [0.05, 0.1) is 22.6 Å². The molecule has 2 aromatic rings. The van der Waals surface area contributed by atoms with Crippen LogP contribution in [0.2, 0.25) is 0 Å². The van der Waals surface area contributed by atoms with Gasteiger partial charge in [-0.15, -0.1) is 0 Å². The fourth-order valence-corrected chi connectivity index (χ4v) is 7.44. The van der Waals surface area contributed by atoms with Gasteiger partial charge in [-0.25, -0.2) is 22.0 Å². The summed E-state index contributed by atoms with van der Waals surface area (Å²) in [6.07, 6.45) is -4.68. The van der Waals surface area contributed by atoms with Crippen molar-refractivity contribution in [1.82, 2.24) is 10.6 Å². The van der Waals surface area contributed by atoms with Gasteiger partial charge in [-0.1, -0.05) is 0 Å². The maximum atomic E-state index is 15.2. The number of sulfone groups is 1. The van der Waals surface area contributed by atoms with E-state index in [1.165, 1.54) is 0 Å². The fraction of sp³-hybridized carbons (Fsp3) is 0.435. The summed E-state index contributed by atoms with van der Waals surface area (Å²) in [7, 11) is -4.54. The standard InChI is InChI=1S/C23H23F5N2O4S/c1-2-29-21(31)30-15-9-10-22(35(32,33)16-5-3-13(4-6-16)23(26,27)28)14(11-15)12-34-20-18(25)8-7-17(24)19(20)22/h3-8,14-15H,2,9-12H2,1H3,(H2,29,30,31)/t14-,15-,22+/m1/s1. The third kappa shape index (κ3) is 4.21. The van der Waals surface area contributed by atoms with E-state index in [4.69, 9.17) is 4.74 Å². The smallest absolute Gasteiger partial charge is 0.416 e. The van der Waals surface area contributed by atoms with E-state index in [-0.39, 0.29) is 25.9 Å². The summed E-state index contributed by atoms with van der Waals surface area (Å²) in [5.74, 6) is -3.35. The van der Waals surface area contributed by atoms with Crippen LogP contribution in [-0.2, 0) is 20.8 Å². The molecule has 1 saturated carbocycles. The summed E-state index contributed by atoms with van der Waals surface area (Å²) in [4.78, 5) is 11.6. The van der Waals surface area contributed by atoms with Gasteiger partial charge >= 0.3 is 12.2 Å². The van der Waals surface area contributed by atoms with Crippen molar-refractivity contribution in [1.29, 1.82) is 0 Å². The highest BCUT2D eigenvalue weighted by atomic mass is 32.2. The zero-order valence-corrected chi connectivity index (χ0v) is 19.4. The molecule has 190 valence electrons. The number of hydrogen-bond acceptors (Lipinski definition) is 4. The number of carbonyl (C=O) groups excluding carboxylic acids is 1. The average Bonchev–Trinajstić information content (AvgIpc) is 2.80. The summed E-state index contributed by atoms with van der Waals surface area (Å²) < 4.78 is 100. The van der Waals surface area contributed by atoms with Gasteiger partial charge in [-0.05, 0) is 62.6 Å². The number of ether oxygens (including phenoxy) is 1. The highest BCUT2D eigenvalue weighted by Crippen LogP contribution is 2.56. The Bertz CT molecular complexity index is 1230. The maximum Gasteiger partial charge on any atom is 0.416 e. The number of nitrogens with one attached hydrogen (secondary N) is 2. The molecule has 12 heteroatoms. The van der Waals surface area contributed by atoms with E-state index in [0.29, 0.717) is 18.7 Å². The molecule has 1 heterocycles. The van der Waals surface area contributed by atoms with E-state index in [9.17, 15) is 30.8 Å². The molecule has 2 amide bonds. The lowest BCUT2D eigenvalue weighted by Crippen LogP contribution is -2.56. The predicted molar refractivity (Wildman–Crippen MR) is 115 cm³/mol. The lowest BCUT2D eigenvalue weighted by molar-refractivity contribution is -0.137. The van der Waals surface area contributed by atoms with Gasteiger partial charge in [0.15, 0.2) is 21.4 Å². The Balaban J connectivity index is 1.83. The third-order valence-electron chi connectivity index (χ3n) is 6.65. The van der Waals surface area contributed by atoms with E-state index in [1.54, 1.807) is 6.92 Å². The zero-order valence-electron chi connectivity index (χ0n) is 18.6. The summed E-state index contributed by atoms with van der Waals surface area (Å²) >= 11 is 0. The molecular weight excluding hydrogens is 495 g/mol. The minimum Gasteiger partial charge on any atom is -0.490 e. The van der Waals surface area contributed by atoms with Gasteiger partial charge in [0.25, 0.3) is 0 Å². The first-order valence-corrected chi connectivity index (χ1v) is 12.5. The number of hydrogen-bond donors (Lipinski definition) is 2. The Hall–Kier alpha value is -2.89. The molecule has 0 radical (unpaired) electrons. The second-order valence-corrected chi connectivity index (χ2v) is 10.8. The number of fused-ring (bicyclic) bond motifs is 3. The van der Waals surface area contributed by atoms with Crippen LogP contribution in [0, 0.1) is 17.6 Å². The topological polar surface area (TPSA) is 84.5 Å². The Kier molecular flexibility index (Phi) is 6.45. The maximum absolute atomic E-state index is 15.2. The summed E-state index contributed by atoms with van der Waals surface area (Å²) in [6, 6.07) is 3.66. The van der Waals surface area contributed by atoms with Crippen LogP contribution in [0.25, 0.3) is 0 Å². The number of urea groups is 1. The fourth-order valence-electron chi connectivity index (χ4n) is 5.08. The Morgan fingerprint density at radius 1 is 1.11 bits per heavy atom. The summed E-state index contributed by atoms with van der Waals surface area (Å²) in [5, 5.41) is 5.32. The van der Waals surface area contributed by atoms with E-state index in [0.717, 1.165) is 24.3 Å². The first kappa shape index (κ1) is 25.2. The molecule has 1 aliphatic heterocycles. The molecule has 4 rings (SSSR count). The number of rotatable bonds is 4. The van der Waals surface area contributed by atoms with Crippen molar-refractivity contribution in [2.24, 2.45) is 5.92 Å². The number of amides is 2. The van der Waals surface area contributed by atoms with Crippen molar-refractivity contribution in [3.63, 3.8) is 0 Å². The van der Waals surface area contributed by atoms with Crippen LogP contribution in [0.15, 0.2) is 41.3 Å². The molecule has 2 aliphatic rings. The van der Waals surface area contributed by atoms with Gasteiger partial charge in [0.1, 0.15) is 10.6 Å². The van der Waals surface area contributed by atoms with Crippen LogP contribution in [0.1, 0.15) is 37.3 Å². The largest absolute Gasteiger partial charge is 0.490 e. The van der Waals surface area contributed by atoms with Gasteiger partial charge in [0, 0.05) is 18.5 Å². The normalized spacial score (nSPS) is 24.1. The Morgan fingerprint density at radius 2 is 1.77 bits per heavy atom. The third-order valence-corrected chi connectivity index (χ3v) is 9.24.